The number of halogens is 1. The van der Waals surface area contributed by atoms with Gasteiger partial charge >= 0.3 is 5.97 Å². The molecule has 0 unspecified atom stereocenters. The zero-order chi connectivity index (χ0) is 21.7. The van der Waals surface area contributed by atoms with Crippen LogP contribution in [0.15, 0.2) is 64.2 Å². The van der Waals surface area contributed by atoms with Gasteiger partial charge in [0.25, 0.3) is 5.91 Å². The second-order valence-corrected chi connectivity index (χ2v) is 7.52. The average Bonchev–Trinajstić information content (AvgIpc) is 3.01. The highest BCUT2D eigenvalue weighted by molar-refractivity contribution is 9.10. The molecule has 0 saturated heterocycles. The maximum absolute atomic E-state index is 12.4. The number of aromatic nitrogens is 1. The van der Waals surface area contributed by atoms with Gasteiger partial charge in [-0.05, 0) is 57.2 Å². The highest BCUT2D eigenvalue weighted by atomic mass is 79.9. The number of carbonyl (C=O) groups excluding carboxylic acids is 2. The fourth-order valence-corrected chi connectivity index (χ4v) is 3.59. The third kappa shape index (κ3) is 4.68. The summed E-state index contributed by atoms with van der Waals surface area (Å²) in [6.45, 7) is 5.98. The number of hydrogen-bond donors (Lipinski definition) is 1. The minimum Gasteiger partial charge on any atom is -0.462 e. The van der Waals surface area contributed by atoms with Gasteiger partial charge in [-0.25, -0.2) is 10.2 Å². The first-order valence-corrected chi connectivity index (χ1v) is 10.3. The van der Waals surface area contributed by atoms with Crippen LogP contribution in [0, 0.1) is 13.8 Å². The lowest BCUT2D eigenvalue weighted by molar-refractivity contribution is 0.0526. The fourth-order valence-electron chi connectivity index (χ4n) is 3.19. The number of hydrazone groups is 1. The van der Waals surface area contributed by atoms with Crippen molar-refractivity contribution in [1.29, 1.82) is 0 Å². The summed E-state index contributed by atoms with van der Waals surface area (Å²) in [5, 5.41) is 4.10. The minimum atomic E-state index is -0.364. The molecule has 0 aliphatic carbocycles. The lowest BCUT2D eigenvalue weighted by atomic mass is 10.1. The van der Waals surface area contributed by atoms with Crippen LogP contribution >= 0.6 is 15.9 Å². The molecule has 0 fully saturated rings. The number of nitrogens with zero attached hydrogens (tertiary/aromatic N) is 2. The number of ether oxygens (including phenoxy) is 1. The van der Waals surface area contributed by atoms with Crippen molar-refractivity contribution >= 4 is 34.0 Å². The summed E-state index contributed by atoms with van der Waals surface area (Å²) in [7, 11) is 0. The molecule has 3 rings (SSSR count). The Kier molecular flexibility index (Phi) is 6.84. The van der Waals surface area contributed by atoms with E-state index in [1.54, 1.807) is 37.4 Å². The summed E-state index contributed by atoms with van der Waals surface area (Å²) >= 11 is 3.35. The molecular formula is C23H22BrN3O3. The Labute approximate surface area is 183 Å². The topological polar surface area (TPSA) is 72.7 Å². The van der Waals surface area contributed by atoms with Crippen molar-refractivity contribution in [2.45, 2.75) is 20.8 Å². The van der Waals surface area contributed by atoms with Gasteiger partial charge in [0.15, 0.2) is 0 Å². The van der Waals surface area contributed by atoms with Gasteiger partial charge in [-0.1, -0.05) is 34.1 Å². The van der Waals surface area contributed by atoms with Crippen molar-refractivity contribution in [3.05, 3.63) is 87.1 Å². The van der Waals surface area contributed by atoms with Crippen LogP contribution < -0.4 is 5.43 Å². The Hall–Kier alpha value is -3.19. The van der Waals surface area contributed by atoms with Crippen molar-refractivity contribution in [3.8, 4) is 5.69 Å². The van der Waals surface area contributed by atoms with Crippen LogP contribution in [0.5, 0.6) is 0 Å². The Balaban J connectivity index is 1.86. The van der Waals surface area contributed by atoms with Gasteiger partial charge in [-0.15, -0.1) is 0 Å². The molecule has 3 aromatic rings. The molecule has 2 aromatic carbocycles. The van der Waals surface area contributed by atoms with E-state index in [0.29, 0.717) is 17.7 Å². The van der Waals surface area contributed by atoms with E-state index in [1.165, 1.54) is 0 Å². The van der Waals surface area contributed by atoms with Crippen molar-refractivity contribution in [3.63, 3.8) is 0 Å². The Morgan fingerprint density at radius 3 is 2.63 bits per heavy atom. The van der Waals surface area contributed by atoms with Crippen LogP contribution in [-0.4, -0.2) is 29.3 Å². The SMILES string of the molecule is CCOC(=O)c1ccccc1-n1c(C)cc(/C=N\NC(=O)c2cccc(Br)c2)c1C. The number of hydrogen-bond acceptors (Lipinski definition) is 4. The number of esters is 1. The predicted molar refractivity (Wildman–Crippen MR) is 120 cm³/mol. The molecule has 0 atom stereocenters. The van der Waals surface area contributed by atoms with Gasteiger partial charge in [0.05, 0.1) is 24.1 Å². The Morgan fingerprint density at radius 1 is 1.13 bits per heavy atom. The number of benzene rings is 2. The standard InChI is InChI=1S/C23H22BrN3O3/c1-4-30-23(29)20-10-5-6-11-21(20)27-15(2)12-18(16(27)3)14-25-26-22(28)17-8-7-9-19(24)13-17/h5-14H,4H2,1-3H3,(H,26,28)/b25-14-. The highest BCUT2D eigenvalue weighted by Gasteiger charge is 2.17. The first kappa shape index (κ1) is 21.5. The van der Waals surface area contributed by atoms with E-state index < -0.39 is 0 Å². The number of amides is 1. The maximum Gasteiger partial charge on any atom is 0.340 e. The molecule has 30 heavy (non-hydrogen) atoms. The second kappa shape index (κ2) is 9.54. The van der Waals surface area contributed by atoms with Gasteiger partial charge < -0.3 is 9.30 Å². The summed E-state index contributed by atoms with van der Waals surface area (Å²) < 4.78 is 7.99. The molecular weight excluding hydrogens is 446 g/mol. The van der Waals surface area contributed by atoms with Gasteiger partial charge in [0.2, 0.25) is 0 Å². The summed E-state index contributed by atoms with van der Waals surface area (Å²) in [5.74, 6) is -0.661. The molecule has 0 radical (unpaired) electrons. The Morgan fingerprint density at radius 2 is 1.90 bits per heavy atom. The predicted octanol–water partition coefficient (Wildman–Crippen LogP) is 4.80. The number of nitrogens with one attached hydrogen (secondary N) is 1. The number of para-hydroxylation sites is 1. The molecule has 0 saturated carbocycles. The lowest BCUT2D eigenvalue weighted by Gasteiger charge is -2.14. The van der Waals surface area contributed by atoms with Gasteiger partial charge in [0.1, 0.15) is 0 Å². The monoisotopic (exact) mass is 467 g/mol. The molecule has 1 aromatic heterocycles. The van der Waals surface area contributed by atoms with E-state index in [-0.39, 0.29) is 11.9 Å². The molecule has 0 spiro atoms. The van der Waals surface area contributed by atoms with Crippen LogP contribution in [0.2, 0.25) is 0 Å². The van der Waals surface area contributed by atoms with Crippen molar-refractivity contribution in [2.24, 2.45) is 5.10 Å². The van der Waals surface area contributed by atoms with Crippen LogP contribution in [0.3, 0.4) is 0 Å². The molecule has 7 heteroatoms. The minimum absolute atomic E-state index is 0.297. The fraction of sp³-hybridized carbons (Fsp3) is 0.174. The zero-order valence-corrected chi connectivity index (χ0v) is 18.6. The summed E-state index contributed by atoms with van der Waals surface area (Å²) in [4.78, 5) is 24.6. The molecule has 1 amide bonds. The molecule has 0 aliphatic rings. The maximum atomic E-state index is 12.4. The molecule has 154 valence electrons. The van der Waals surface area contributed by atoms with Crippen molar-refractivity contribution in [1.82, 2.24) is 9.99 Å². The smallest absolute Gasteiger partial charge is 0.340 e. The van der Waals surface area contributed by atoms with E-state index in [9.17, 15) is 9.59 Å². The normalized spacial score (nSPS) is 10.9. The van der Waals surface area contributed by atoms with Crippen molar-refractivity contribution < 1.29 is 14.3 Å². The average molecular weight is 468 g/mol. The third-order valence-corrected chi connectivity index (χ3v) is 5.06. The lowest BCUT2D eigenvalue weighted by Crippen LogP contribution is -2.17. The molecule has 1 heterocycles. The largest absolute Gasteiger partial charge is 0.462 e. The summed E-state index contributed by atoms with van der Waals surface area (Å²) in [5.41, 5.74) is 6.95. The summed E-state index contributed by atoms with van der Waals surface area (Å²) in [6.07, 6.45) is 1.60. The number of rotatable bonds is 6. The molecule has 6 nitrogen and oxygen atoms in total. The van der Waals surface area contributed by atoms with Crippen molar-refractivity contribution in [2.75, 3.05) is 6.61 Å². The molecule has 0 aliphatic heterocycles. The second-order valence-electron chi connectivity index (χ2n) is 6.61. The highest BCUT2D eigenvalue weighted by Crippen LogP contribution is 2.23. The van der Waals surface area contributed by atoms with Crippen LogP contribution in [-0.2, 0) is 4.74 Å². The van der Waals surface area contributed by atoms with E-state index in [0.717, 1.165) is 27.1 Å². The van der Waals surface area contributed by atoms with Crippen LogP contribution in [0.25, 0.3) is 5.69 Å². The third-order valence-electron chi connectivity index (χ3n) is 4.57. The zero-order valence-electron chi connectivity index (χ0n) is 17.0. The summed E-state index contributed by atoms with van der Waals surface area (Å²) in [6, 6.07) is 16.3. The van der Waals surface area contributed by atoms with E-state index >= 15 is 0 Å². The van der Waals surface area contributed by atoms with E-state index in [2.05, 4.69) is 26.5 Å². The first-order chi connectivity index (χ1) is 14.4. The Bertz CT molecular complexity index is 1120. The van der Waals surface area contributed by atoms with E-state index in [1.807, 2.05) is 48.7 Å². The van der Waals surface area contributed by atoms with Crippen LogP contribution in [0.4, 0.5) is 0 Å². The number of aryl methyl sites for hydroxylation is 1. The van der Waals surface area contributed by atoms with Gasteiger partial charge in [0, 0.05) is 27.0 Å². The first-order valence-electron chi connectivity index (χ1n) is 9.46. The molecule has 0 bridgehead atoms. The van der Waals surface area contributed by atoms with Gasteiger partial charge in [-0.2, -0.15) is 5.10 Å². The number of carbonyl (C=O) groups is 2. The van der Waals surface area contributed by atoms with Crippen LogP contribution in [0.1, 0.15) is 44.6 Å². The van der Waals surface area contributed by atoms with E-state index in [4.69, 9.17) is 4.74 Å². The quantitative estimate of drug-likeness (QED) is 0.321. The van der Waals surface area contributed by atoms with Gasteiger partial charge in [-0.3, -0.25) is 4.79 Å². The molecule has 1 N–H and O–H groups in total.